The Balaban J connectivity index is 2.91. The number of rotatable bonds is 4. The molecule has 0 aliphatic rings. The highest BCUT2D eigenvalue weighted by Crippen LogP contribution is 2.34. The molecule has 0 aromatic carbocycles. The summed E-state index contributed by atoms with van der Waals surface area (Å²) in [7, 11) is 1.64. The van der Waals surface area contributed by atoms with Gasteiger partial charge in [0.15, 0.2) is 0 Å². The van der Waals surface area contributed by atoms with Gasteiger partial charge in [-0.15, -0.1) is 0 Å². The van der Waals surface area contributed by atoms with Crippen molar-refractivity contribution in [3.05, 3.63) is 11.7 Å². The molecule has 5 heteroatoms. The molecule has 2 N–H and O–H groups in total. The molecule has 0 fully saturated rings. The van der Waals surface area contributed by atoms with Crippen molar-refractivity contribution in [2.24, 2.45) is 11.1 Å². The van der Waals surface area contributed by atoms with Gasteiger partial charge in [0.2, 0.25) is 11.7 Å². The van der Waals surface area contributed by atoms with Gasteiger partial charge in [0.25, 0.3) is 0 Å². The smallest absolute Gasteiger partial charge is 0.243 e. The van der Waals surface area contributed by atoms with E-state index in [1.54, 1.807) is 7.11 Å². The topological polar surface area (TPSA) is 74.2 Å². The van der Waals surface area contributed by atoms with Crippen LogP contribution in [0.15, 0.2) is 4.52 Å². The molecule has 1 rings (SSSR count). The fraction of sp³-hybridized carbons (Fsp3) is 0.818. The number of hydrogen-bond donors (Lipinski definition) is 1. The maximum absolute atomic E-state index is 5.82. The first-order chi connectivity index (χ1) is 7.40. The van der Waals surface area contributed by atoms with Crippen LogP contribution in [0.3, 0.4) is 0 Å². The number of ether oxygens (including phenoxy) is 1. The fourth-order valence-electron chi connectivity index (χ4n) is 1.53. The molecule has 2 atom stereocenters. The van der Waals surface area contributed by atoms with Crippen LogP contribution in [-0.4, -0.2) is 17.3 Å². The van der Waals surface area contributed by atoms with Gasteiger partial charge in [-0.05, 0) is 11.8 Å². The zero-order chi connectivity index (χ0) is 12.3. The lowest BCUT2D eigenvalue weighted by atomic mass is 9.88. The van der Waals surface area contributed by atoms with Crippen molar-refractivity contribution < 1.29 is 9.26 Å². The van der Waals surface area contributed by atoms with Crippen molar-refractivity contribution in [1.82, 2.24) is 10.1 Å². The lowest BCUT2D eigenvalue weighted by Gasteiger charge is -2.26. The second-order valence-corrected chi connectivity index (χ2v) is 4.99. The molecule has 1 aromatic rings. The van der Waals surface area contributed by atoms with E-state index in [1.165, 1.54) is 0 Å². The predicted octanol–water partition coefficient (Wildman–Crippen LogP) is 2.21. The summed E-state index contributed by atoms with van der Waals surface area (Å²) in [6, 6.07) is -0.196. The molecule has 0 amide bonds. The van der Waals surface area contributed by atoms with Crippen LogP contribution in [-0.2, 0) is 4.74 Å². The fourth-order valence-corrected chi connectivity index (χ4v) is 1.53. The highest BCUT2D eigenvalue weighted by atomic mass is 16.5. The van der Waals surface area contributed by atoms with Crippen molar-refractivity contribution in [2.45, 2.75) is 46.3 Å². The summed E-state index contributed by atoms with van der Waals surface area (Å²) >= 11 is 0. The minimum absolute atomic E-state index is 0.0772. The molecular formula is C11H21N3O2. The molecule has 1 aromatic heterocycles. The molecule has 1 heterocycles. The van der Waals surface area contributed by atoms with Crippen LogP contribution in [0.1, 0.15) is 58.0 Å². The molecular weight excluding hydrogens is 206 g/mol. The Morgan fingerprint density at radius 2 is 2.06 bits per heavy atom. The molecule has 1 unspecified atom stereocenters. The van der Waals surface area contributed by atoms with E-state index in [2.05, 4.69) is 30.9 Å². The second-order valence-electron chi connectivity index (χ2n) is 4.99. The average molecular weight is 227 g/mol. The molecule has 0 radical (unpaired) electrons. The average Bonchev–Trinajstić information content (AvgIpc) is 2.64. The lowest BCUT2D eigenvalue weighted by molar-refractivity contribution is 0.00718. The largest absolute Gasteiger partial charge is 0.373 e. The summed E-state index contributed by atoms with van der Waals surface area (Å²) in [5.41, 5.74) is 5.74. The molecule has 92 valence electrons. The van der Waals surface area contributed by atoms with E-state index in [4.69, 9.17) is 15.0 Å². The number of nitrogens with two attached hydrogens (primary N) is 1. The van der Waals surface area contributed by atoms with Crippen LogP contribution in [0.25, 0.3) is 0 Å². The van der Waals surface area contributed by atoms with Crippen LogP contribution >= 0.6 is 0 Å². The second kappa shape index (κ2) is 4.93. The molecule has 0 bridgehead atoms. The number of methoxy groups -OCH3 is 1. The number of hydrogen-bond acceptors (Lipinski definition) is 5. The summed E-state index contributed by atoms with van der Waals surface area (Å²) < 4.78 is 10.5. The van der Waals surface area contributed by atoms with E-state index in [-0.39, 0.29) is 17.6 Å². The zero-order valence-electron chi connectivity index (χ0n) is 10.7. The third kappa shape index (κ3) is 2.80. The Labute approximate surface area is 96.4 Å². The first-order valence-electron chi connectivity index (χ1n) is 5.52. The Morgan fingerprint density at radius 1 is 1.44 bits per heavy atom. The van der Waals surface area contributed by atoms with Crippen molar-refractivity contribution >= 4 is 0 Å². The van der Waals surface area contributed by atoms with Crippen LogP contribution in [0.4, 0.5) is 0 Å². The van der Waals surface area contributed by atoms with Crippen molar-refractivity contribution in [3.63, 3.8) is 0 Å². The van der Waals surface area contributed by atoms with Gasteiger partial charge in [0.1, 0.15) is 6.10 Å². The quantitative estimate of drug-likeness (QED) is 0.853. The predicted molar refractivity (Wildman–Crippen MR) is 60.7 cm³/mol. The molecule has 16 heavy (non-hydrogen) atoms. The Hall–Kier alpha value is -0.940. The van der Waals surface area contributed by atoms with Gasteiger partial charge < -0.3 is 15.0 Å². The van der Waals surface area contributed by atoms with Gasteiger partial charge in [-0.2, -0.15) is 4.98 Å². The van der Waals surface area contributed by atoms with Gasteiger partial charge in [-0.1, -0.05) is 32.9 Å². The van der Waals surface area contributed by atoms with Gasteiger partial charge in [-0.25, -0.2) is 0 Å². The standard InChI is InChI=1S/C11H21N3O2/c1-6-7(12)10-13-9(14-16-10)8(15-5)11(2,3)4/h7-8H,6,12H2,1-5H3/t7-,8?/m1/s1. The van der Waals surface area contributed by atoms with Crippen LogP contribution in [0.5, 0.6) is 0 Å². The van der Waals surface area contributed by atoms with E-state index in [1.807, 2.05) is 6.92 Å². The first kappa shape index (κ1) is 13.1. The van der Waals surface area contributed by atoms with E-state index in [0.717, 1.165) is 6.42 Å². The van der Waals surface area contributed by atoms with E-state index in [0.29, 0.717) is 11.7 Å². The molecule has 0 saturated carbocycles. The third-order valence-electron chi connectivity index (χ3n) is 2.47. The minimum atomic E-state index is -0.196. The number of nitrogens with zero attached hydrogens (tertiary/aromatic N) is 2. The summed E-state index contributed by atoms with van der Waals surface area (Å²) in [6.45, 7) is 8.18. The SMILES string of the molecule is CC[C@@H](N)c1nc(C(OC)C(C)(C)C)no1. The van der Waals surface area contributed by atoms with Gasteiger partial charge >= 0.3 is 0 Å². The molecule has 0 saturated heterocycles. The Kier molecular flexibility index (Phi) is 4.04. The Morgan fingerprint density at radius 3 is 2.50 bits per heavy atom. The summed E-state index contributed by atoms with van der Waals surface area (Å²) in [4.78, 5) is 4.29. The number of aromatic nitrogens is 2. The monoisotopic (exact) mass is 227 g/mol. The van der Waals surface area contributed by atoms with E-state index >= 15 is 0 Å². The summed E-state index contributed by atoms with van der Waals surface area (Å²) in [5.74, 6) is 1.04. The maximum Gasteiger partial charge on any atom is 0.243 e. The van der Waals surface area contributed by atoms with Crippen molar-refractivity contribution in [3.8, 4) is 0 Å². The van der Waals surface area contributed by atoms with Crippen molar-refractivity contribution in [2.75, 3.05) is 7.11 Å². The molecule has 0 spiro atoms. The van der Waals surface area contributed by atoms with Gasteiger partial charge in [-0.3, -0.25) is 0 Å². The van der Waals surface area contributed by atoms with Gasteiger partial charge in [0, 0.05) is 7.11 Å². The summed E-state index contributed by atoms with van der Waals surface area (Å²) in [6.07, 6.45) is 0.587. The molecule has 5 nitrogen and oxygen atoms in total. The normalized spacial score (nSPS) is 16.1. The van der Waals surface area contributed by atoms with E-state index in [9.17, 15) is 0 Å². The Bertz CT molecular complexity index is 330. The van der Waals surface area contributed by atoms with Crippen molar-refractivity contribution in [1.29, 1.82) is 0 Å². The van der Waals surface area contributed by atoms with Crippen LogP contribution in [0, 0.1) is 5.41 Å². The highest BCUT2D eigenvalue weighted by Gasteiger charge is 2.31. The van der Waals surface area contributed by atoms with Crippen LogP contribution in [0.2, 0.25) is 0 Å². The first-order valence-corrected chi connectivity index (χ1v) is 5.52. The maximum atomic E-state index is 5.82. The molecule has 0 aliphatic carbocycles. The third-order valence-corrected chi connectivity index (χ3v) is 2.47. The van der Waals surface area contributed by atoms with Crippen LogP contribution < -0.4 is 5.73 Å². The van der Waals surface area contributed by atoms with E-state index < -0.39 is 0 Å². The lowest BCUT2D eigenvalue weighted by Crippen LogP contribution is -2.21. The van der Waals surface area contributed by atoms with Gasteiger partial charge in [0.05, 0.1) is 6.04 Å². The minimum Gasteiger partial charge on any atom is -0.373 e. The molecule has 0 aliphatic heterocycles. The summed E-state index contributed by atoms with van der Waals surface area (Å²) in [5, 5.41) is 3.93. The highest BCUT2D eigenvalue weighted by molar-refractivity contribution is 4.98. The zero-order valence-corrected chi connectivity index (χ0v) is 10.7.